The lowest BCUT2D eigenvalue weighted by molar-refractivity contribution is -0.113. The smallest absolute Gasteiger partial charge is 0.255 e. The fourth-order valence-electron chi connectivity index (χ4n) is 4.50. The van der Waals surface area contributed by atoms with E-state index in [2.05, 4.69) is 33.5 Å². The molecule has 1 aliphatic heterocycles. The van der Waals surface area contributed by atoms with Crippen molar-refractivity contribution in [2.75, 3.05) is 23.5 Å². The minimum absolute atomic E-state index is 0.280. The molecule has 206 valence electrons. The number of rotatable bonds is 10. The number of benzene rings is 3. The van der Waals surface area contributed by atoms with E-state index in [1.165, 1.54) is 0 Å². The van der Waals surface area contributed by atoms with Gasteiger partial charge in [-0.1, -0.05) is 77.1 Å². The van der Waals surface area contributed by atoms with Gasteiger partial charge in [-0.15, -0.1) is 5.10 Å². The summed E-state index contributed by atoms with van der Waals surface area (Å²) in [5, 5.41) is 11.8. The summed E-state index contributed by atoms with van der Waals surface area (Å²) in [4.78, 5) is 18.7. The molecule has 40 heavy (non-hydrogen) atoms. The highest BCUT2D eigenvalue weighted by Crippen LogP contribution is 2.42. The summed E-state index contributed by atoms with van der Waals surface area (Å²) in [6.45, 7) is 4.38. The van der Waals surface area contributed by atoms with Crippen molar-refractivity contribution in [3.8, 4) is 11.5 Å². The Morgan fingerprint density at radius 1 is 1.10 bits per heavy atom. The Kier molecular flexibility index (Phi) is 8.76. The summed E-state index contributed by atoms with van der Waals surface area (Å²) in [5.74, 6) is 2.41. The van der Waals surface area contributed by atoms with Crippen LogP contribution in [0.3, 0.4) is 0 Å². The first-order chi connectivity index (χ1) is 19.5. The van der Waals surface area contributed by atoms with E-state index in [1.54, 1.807) is 23.6 Å². The standard InChI is InChI=1S/C30H30BrN5O3S/c1-4-16-40-30-34-29-32-19(2)26(28(37)33-23-12-8-9-13-25(23)38-3)27(36(29)35-30)22-17-21(31)14-15-24(22)39-18-20-10-6-5-7-11-20/h5-15,17,27H,4,16,18H2,1-3H3,(H,33,37)(H,32,34,35). The van der Waals surface area contributed by atoms with E-state index in [0.29, 0.717) is 46.2 Å². The fraction of sp³-hybridized carbons (Fsp3) is 0.233. The molecule has 0 bridgehead atoms. The van der Waals surface area contributed by atoms with Crippen LogP contribution in [-0.2, 0) is 11.4 Å². The number of carbonyl (C=O) groups excluding carboxylic acids is 1. The van der Waals surface area contributed by atoms with Gasteiger partial charge in [0.05, 0.1) is 18.4 Å². The normalized spacial score (nSPS) is 14.3. The number of methoxy groups -OCH3 is 1. The van der Waals surface area contributed by atoms with E-state index >= 15 is 0 Å². The van der Waals surface area contributed by atoms with Crippen molar-refractivity contribution in [3.05, 3.63) is 99.7 Å². The SMILES string of the molecule is CCCSc1nc2n(n1)C(c1cc(Br)ccc1OCc1ccccc1)C(C(=O)Nc1ccccc1OC)=C(C)N2. The first kappa shape index (κ1) is 27.8. The first-order valence-corrected chi connectivity index (χ1v) is 14.7. The monoisotopic (exact) mass is 619 g/mol. The minimum Gasteiger partial charge on any atom is -0.495 e. The second-order valence-corrected chi connectivity index (χ2v) is 11.2. The average Bonchev–Trinajstić information content (AvgIpc) is 3.37. The maximum absolute atomic E-state index is 14.0. The van der Waals surface area contributed by atoms with E-state index in [0.717, 1.165) is 27.8 Å². The predicted octanol–water partition coefficient (Wildman–Crippen LogP) is 7.06. The second-order valence-electron chi connectivity index (χ2n) is 9.19. The largest absolute Gasteiger partial charge is 0.495 e. The highest BCUT2D eigenvalue weighted by atomic mass is 79.9. The molecule has 3 aromatic carbocycles. The number of anilines is 2. The van der Waals surface area contributed by atoms with Crippen molar-refractivity contribution < 1.29 is 14.3 Å². The number of halogens is 1. The molecule has 10 heteroatoms. The van der Waals surface area contributed by atoms with E-state index in [4.69, 9.17) is 19.6 Å². The van der Waals surface area contributed by atoms with Crippen molar-refractivity contribution in [1.82, 2.24) is 14.8 Å². The molecule has 0 radical (unpaired) electrons. The van der Waals surface area contributed by atoms with Crippen molar-refractivity contribution in [1.29, 1.82) is 0 Å². The summed E-state index contributed by atoms with van der Waals surface area (Å²) in [6.07, 6.45) is 0.998. The van der Waals surface area contributed by atoms with Crippen LogP contribution in [0.2, 0.25) is 0 Å². The van der Waals surface area contributed by atoms with Crippen molar-refractivity contribution in [2.24, 2.45) is 0 Å². The Balaban J connectivity index is 1.59. The number of nitrogens with zero attached hydrogens (tertiary/aromatic N) is 3. The van der Waals surface area contributed by atoms with E-state index < -0.39 is 6.04 Å². The van der Waals surface area contributed by atoms with Crippen LogP contribution >= 0.6 is 27.7 Å². The number of hydrogen-bond acceptors (Lipinski definition) is 7. The molecule has 2 N–H and O–H groups in total. The topological polar surface area (TPSA) is 90.3 Å². The molecular formula is C30H30BrN5O3S. The van der Waals surface area contributed by atoms with Crippen LogP contribution in [0, 0.1) is 0 Å². The lowest BCUT2D eigenvalue weighted by Gasteiger charge is -2.30. The van der Waals surface area contributed by atoms with Crippen LogP contribution in [0.5, 0.6) is 11.5 Å². The molecule has 5 rings (SSSR count). The molecule has 2 heterocycles. The number of hydrogen-bond donors (Lipinski definition) is 2. The Labute approximate surface area is 246 Å². The lowest BCUT2D eigenvalue weighted by Crippen LogP contribution is -2.32. The third-order valence-corrected chi connectivity index (χ3v) is 7.91. The number of aromatic nitrogens is 3. The lowest BCUT2D eigenvalue weighted by atomic mass is 9.94. The van der Waals surface area contributed by atoms with Crippen LogP contribution in [0.25, 0.3) is 0 Å². The number of fused-ring (bicyclic) bond motifs is 1. The molecule has 8 nitrogen and oxygen atoms in total. The number of amides is 1. The third-order valence-electron chi connectivity index (χ3n) is 6.37. The zero-order chi connectivity index (χ0) is 28.1. The molecule has 1 atom stereocenters. The van der Waals surface area contributed by atoms with Crippen molar-refractivity contribution in [3.63, 3.8) is 0 Å². The number of carbonyl (C=O) groups is 1. The van der Waals surface area contributed by atoms with Gasteiger partial charge in [-0.05, 0) is 49.2 Å². The zero-order valence-corrected chi connectivity index (χ0v) is 24.9. The Bertz CT molecular complexity index is 1540. The Morgan fingerprint density at radius 2 is 1.88 bits per heavy atom. The highest BCUT2D eigenvalue weighted by molar-refractivity contribution is 9.10. The first-order valence-electron chi connectivity index (χ1n) is 13.0. The molecule has 0 spiro atoms. The molecule has 4 aromatic rings. The van der Waals surface area contributed by atoms with Crippen molar-refractivity contribution >= 4 is 45.2 Å². The Hall–Kier alpha value is -3.76. The molecule has 1 aliphatic rings. The average molecular weight is 621 g/mol. The minimum atomic E-state index is -0.599. The summed E-state index contributed by atoms with van der Waals surface area (Å²) >= 11 is 5.21. The number of ether oxygens (including phenoxy) is 2. The van der Waals surface area contributed by atoms with Crippen LogP contribution in [0.15, 0.2) is 93.7 Å². The van der Waals surface area contributed by atoms with Gasteiger partial charge in [0, 0.05) is 21.5 Å². The van der Waals surface area contributed by atoms with Gasteiger partial charge in [-0.3, -0.25) is 4.79 Å². The summed E-state index contributed by atoms with van der Waals surface area (Å²) in [7, 11) is 1.58. The van der Waals surface area contributed by atoms with Gasteiger partial charge in [-0.2, -0.15) is 4.98 Å². The number of allylic oxidation sites excluding steroid dienone is 1. The zero-order valence-electron chi connectivity index (χ0n) is 22.5. The quantitative estimate of drug-likeness (QED) is 0.184. The third kappa shape index (κ3) is 6.03. The van der Waals surface area contributed by atoms with Gasteiger partial charge in [0.15, 0.2) is 0 Å². The molecule has 0 fully saturated rings. The molecule has 0 saturated carbocycles. The summed E-state index contributed by atoms with van der Waals surface area (Å²) < 4.78 is 14.5. The molecule has 0 aliphatic carbocycles. The highest BCUT2D eigenvalue weighted by Gasteiger charge is 2.36. The van der Waals surface area contributed by atoms with Gasteiger partial charge in [0.2, 0.25) is 11.1 Å². The van der Waals surface area contributed by atoms with Crippen molar-refractivity contribution in [2.45, 2.75) is 38.1 Å². The van der Waals surface area contributed by atoms with Gasteiger partial charge >= 0.3 is 0 Å². The predicted molar refractivity (Wildman–Crippen MR) is 162 cm³/mol. The molecule has 1 amide bonds. The Morgan fingerprint density at radius 3 is 2.65 bits per heavy atom. The molecule has 0 saturated heterocycles. The van der Waals surface area contributed by atoms with Crippen LogP contribution < -0.4 is 20.1 Å². The van der Waals surface area contributed by atoms with Crippen LogP contribution in [0.1, 0.15) is 37.4 Å². The number of para-hydroxylation sites is 2. The second kappa shape index (κ2) is 12.6. The molecule has 1 unspecified atom stereocenters. The fourth-order valence-corrected chi connectivity index (χ4v) is 5.57. The molecular weight excluding hydrogens is 590 g/mol. The molecule has 1 aromatic heterocycles. The van der Waals surface area contributed by atoms with E-state index in [1.807, 2.05) is 79.7 Å². The van der Waals surface area contributed by atoms with E-state index in [-0.39, 0.29) is 5.91 Å². The van der Waals surface area contributed by atoms with Gasteiger partial charge < -0.3 is 20.1 Å². The number of thioether (sulfide) groups is 1. The van der Waals surface area contributed by atoms with Crippen LogP contribution in [-0.4, -0.2) is 33.5 Å². The summed E-state index contributed by atoms with van der Waals surface area (Å²) in [6, 6.07) is 22.5. The van der Waals surface area contributed by atoms with Gasteiger partial charge in [-0.25, -0.2) is 4.68 Å². The number of nitrogens with one attached hydrogen (secondary N) is 2. The summed E-state index contributed by atoms with van der Waals surface area (Å²) in [5.41, 5.74) is 3.58. The maximum Gasteiger partial charge on any atom is 0.255 e. The van der Waals surface area contributed by atoms with Gasteiger partial charge in [0.25, 0.3) is 5.91 Å². The van der Waals surface area contributed by atoms with Gasteiger partial charge in [0.1, 0.15) is 24.1 Å². The van der Waals surface area contributed by atoms with E-state index in [9.17, 15) is 4.79 Å². The van der Waals surface area contributed by atoms with Crippen LogP contribution in [0.4, 0.5) is 11.6 Å². The maximum atomic E-state index is 14.0.